The van der Waals surface area contributed by atoms with Gasteiger partial charge in [0, 0.05) is 17.7 Å². The third-order valence-electron chi connectivity index (χ3n) is 4.73. The van der Waals surface area contributed by atoms with Crippen molar-refractivity contribution in [2.45, 2.75) is 65.1 Å². The van der Waals surface area contributed by atoms with Gasteiger partial charge in [-0.05, 0) is 23.5 Å². The molecule has 0 aliphatic carbocycles. The van der Waals surface area contributed by atoms with Crippen molar-refractivity contribution in [1.82, 2.24) is 0 Å². The highest BCUT2D eigenvalue weighted by molar-refractivity contribution is 6.78. The second-order valence-electron chi connectivity index (χ2n) is 6.87. The van der Waals surface area contributed by atoms with Crippen molar-refractivity contribution in [2.75, 3.05) is 14.2 Å². The number of rotatable bonds is 7. The molecule has 3 nitrogen and oxygen atoms in total. The SMILES string of the molecule is COc1cc(O[Si](C(C)C)(C(C)C)C(C)C)cc(OC)c1C. The Morgan fingerprint density at radius 2 is 1.14 bits per heavy atom. The van der Waals surface area contributed by atoms with Gasteiger partial charge in [-0.3, -0.25) is 0 Å². The molecule has 4 heteroatoms. The van der Waals surface area contributed by atoms with Crippen LogP contribution in [-0.2, 0) is 0 Å². The fourth-order valence-electron chi connectivity index (χ4n) is 3.68. The summed E-state index contributed by atoms with van der Waals surface area (Å²) in [5.41, 5.74) is 2.60. The molecule has 0 atom stereocenters. The van der Waals surface area contributed by atoms with Crippen LogP contribution in [0.25, 0.3) is 0 Å². The number of ether oxygens (including phenoxy) is 2. The van der Waals surface area contributed by atoms with Crippen LogP contribution in [0.1, 0.15) is 47.1 Å². The summed E-state index contributed by atoms with van der Waals surface area (Å²) >= 11 is 0. The van der Waals surface area contributed by atoms with Gasteiger partial charge >= 0.3 is 0 Å². The van der Waals surface area contributed by atoms with Gasteiger partial charge in [0.15, 0.2) is 0 Å². The lowest BCUT2D eigenvalue weighted by Gasteiger charge is -2.42. The van der Waals surface area contributed by atoms with Gasteiger partial charge in [0.25, 0.3) is 8.32 Å². The standard InChI is InChI=1S/C18H32O3Si/c1-12(2)22(13(3)4,14(5)6)21-16-10-17(19-8)15(7)18(11-16)20-9/h10-14H,1-9H3. The van der Waals surface area contributed by atoms with Gasteiger partial charge in [0.1, 0.15) is 17.2 Å². The molecule has 0 aromatic heterocycles. The van der Waals surface area contributed by atoms with Gasteiger partial charge in [-0.15, -0.1) is 0 Å². The minimum absolute atomic E-state index is 0.533. The van der Waals surface area contributed by atoms with Crippen molar-refractivity contribution in [3.63, 3.8) is 0 Å². The first-order valence-electron chi connectivity index (χ1n) is 8.12. The predicted octanol–water partition coefficient (Wildman–Crippen LogP) is 5.57. The Morgan fingerprint density at radius 1 is 0.773 bits per heavy atom. The summed E-state index contributed by atoms with van der Waals surface area (Å²) in [6.45, 7) is 15.7. The number of hydrogen-bond acceptors (Lipinski definition) is 3. The molecule has 0 amide bonds. The Morgan fingerprint density at radius 3 is 1.41 bits per heavy atom. The van der Waals surface area contributed by atoms with Crippen molar-refractivity contribution in [2.24, 2.45) is 0 Å². The summed E-state index contributed by atoms with van der Waals surface area (Å²) in [6.07, 6.45) is 0. The normalized spacial score (nSPS) is 12.2. The van der Waals surface area contributed by atoms with E-state index < -0.39 is 8.32 Å². The van der Waals surface area contributed by atoms with E-state index in [0.717, 1.165) is 22.8 Å². The zero-order valence-corrected chi connectivity index (χ0v) is 16.6. The minimum atomic E-state index is -1.97. The maximum absolute atomic E-state index is 6.71. The van der Waals surface area contributed by atoms with Crippen molar-refractivity contribution in [3.8, 4) is 17.2 Å². The average Bonchev–Trinajstić information content (AvgIpc) is 2.44. The molecule has 1 rings (SSSR count). The van der Waals surface area contributed by atoms with E-state index in [1.165, 1.54) is 0 Å². The molecule has 0 heterocycles. The Bertz CT molecular complexity index is 448. The summed E-state index contributed by atoms with van der Waals surface area (Å²) in [7, 11) is 1.40. The molecule has 0 radical (unpaired) electrons. The summed E-state index contributed by atoms with van der Waals surface area (Å²) in [5.74, 6) is 2.49. The molecule has 0 fully saturated rings. The smallest absolute Gasteiger partial charge is 0.258 e. The van der Waals surface area contributed by atoms with Crippen LogP contribution in [0.3, 0.4) is 0 Å². The minimum Gasteiger partial charge on any atom is -0.543 e. The zero-order chi connectivity index (χ0) is 17.1. The van der Waals surface area contributed by atoms with Gasteiger partial charge in [-0.25, -0.2) is 0 Å². The molecule has 0 bridgehead atoms. The van der Waals surface area contributed by atoms with Gasteiger partial charge in [-0.1, -0.05) is 41.5 Å². The highest BCUT2D eigenvalue weighted by Gasteiger charge is 2.47. The predicted molar refractivity (Wildman–Crippen MR) is 96.0 cm³/mol. The van der Waals surface area contributed by atoms with E-state index in [-0.39, 0.29) is 0 Å². The lowest BCUT2D eigenvalue weighted by molar-refractivity contribution is 0.382. The Kier molecular flexibility index (Phi) is 6.35. The third kappa shape index (κ3) is 3.42. The molecule has 0 saturated heterocycles. The Hall–Kier alpha value is -1.16. The fourth-order valence-corrected chi connectivity index (χ4v) is 8.91. The van der Waals surface area contributed by atoms with Crippen LogP contribution in [0.2, 0.25) is 16.6 Å². The fraction of sp³-hybridized carbons (Fsp3) is 0.667. The highest BCUT2D eigenvalue weighted by Crippen LogP contribution is 2.44. The van der Waals surface area contributed by atoms with Crippen LogP contribution in [0.5, 0.6) is 17.2 Å². The van der Waals surface area contributed by atoms with E-state index in [0.29, 0.717) is 16.6 Å². The molecule has 1 aromatic rings. The quantitative estimate of drug-likeness (QED) is 0.614. The van der Waals surface area contributed by atoms with Gasteiger partial charge < -0.3 is 13.9 Å². The van der Waals surface area contributed by atoms with Crippen LogP contribution in [0.4, 0.5) is 0 Å². The first-order valence-corrected chi connectivity index (χ1v) is 10.3. The van der Waals surface area contributed by atoms with Crippen molar-refractivity contribution in [1.29, 1.82) is 0 Å². The first kappa shape index (κ1) is 18.9. The molecule has 0 N–H and O–H groups in total. The number of methoxy groups -OCH3 is 2. The first-order chi connectivity index (χ1) is 10.2. The van der Waals surface area contributed by atoms with Crippen LogP contribution in [0.15, 0.2) is 12.1 Å². The second kappa shape index (κ2) is 7.40. The molecule has 0 unspecified atom stereocenters. The van der Waals surface area contributed by atoms with E-state index in [1.807, 2.05) is 19.1 Å². The molecular formula is C18H32O3Si. The molecule has 0 aliphatic rings. The number of benzene rings is 1. The Balaban J connectivity index is 3.35. The van der Waals surface area contributed by atoms with E-state index in [2.05, 4.69) is 41.5 Å². The van der Waals surface area contributed by atoms with Crippen molar-refractivity contribution >= 4 is 8.32 Å². The monoisotopic (exact) mass is 324 g/mol. The summed E-state index contributed by atoms with van der Waals surface area (Å²) in [5, 5.41) is 0. The third-order valence-corrected chi connectivity index (χ3v) is 10.7. The van der Waals surface area contributed by atoms with Gasteiger partial charge in [0.2, 0.25) is 0 Å². The Labute approximate surface area is 137 Å². The summed E-state index contributed by atoms with van der Waals surface area (Å²) in [6, 6.07) is 3.99. The van der Waals surface area contributed by atoms with E-state index in [4.69, 9.17) is 13.9 Å². The lowest BCUT2D eigenvalue weighted by Crippen LogP contribution is -2.50. The largest absolute Gasteiger partial charge is 0.543 e. The van der Waals surface area contributed by atoms with Crippen molar-refractivity contribution < 1.29 is 13.9 Å². The maximum atomic E-state index is 6.71. The van der Waals surface area contributed by atoms with Crippen LogP contribution >= 0.6 is 0 Å². The second-order valence-corrected chi connectivity index (χ2v) is 12.2. The molecule has 0 spiro atoms. The number of hydrogen-bond donors (Lipinski definition) is 0. The molecule has 22 heavy (non-hydrogen) atoms. The van der Waals surface area contributed by atoms with Crippen LogP contribution < -0.4 is 13.9 Å². The van der Waals surface area contributed by atoms with Crippen molar-refractivity contribution in [3.05, 3.63) is 17.7 Å². The molecular weight excluding hydrogens is 292 g/mol. The average molecular weight is 325 g/mol. The molecule has 1 aromatic carbocycles. The van der Waals surface area contributed by atoms with Gasteiger partial charge in [-0.2, -0.15) is 0 Å². The molecule has 0 saturated carbocycles. The molecule has 0 aliphatic heterocycles. The summed E-state index contributed by atoms with van der Waals surface area (Å²) in [4.78, 5) is 0. The van der Waals surface area contributed by atoms with Crippen LogP contribution in [-0.4, -0.2) is 22.5 Å². The molecule has 126 valence electrons. The van der Waals surface area contributed by atoms with E-state index in [9.17, 15) is 0 Å². The summed E-state index contributed by atoms with van der Waals surface area (Å²) < 4.78 is 17.7. The zero-order valence-electron chi connectivity index (χ0n) is 15.6. The van der Waals surface area contributed by atoms with Crippen LogP contribution in [0, 0.1) is 6.92 Å². The van der Waals surface area contributed by atoms with Gasteiger partial charge in [0.05, 0.1) is 14.2 Å². The van der Waals surface area contributed by atoms with E-state index in [1.54, 1.807) is 14.2 Å². The highest BCUT2D eigenvalue weighted by atomic mass is 28.4. The topological polar surface area (TPSA) is 27.7 Å². The van der Waals surface area contributed by atoms with E-state index >= 15 is 0 Å². The maximum Gasteiger partial charge on any atom is 0.258 e. The lowest BCUT2D eigenvalue weighted by atomic mass is 10.2.